The second-order valence-electron chi connectivity index (χ2n) is 4.49. The van der Waals surface area contributed by atoms with Crippen molar-refractivity contribution in [2.75, 3.05) is 0 Å². The first-order valence-electron chi connectivity index (χ1n) is 6.18. The molecule has 0 bridgehead atoms. The molecule has 116 valence electrons. The van der Waals surface area contributed by atoms with E-state index in [1.165, 1.54) is 6.07 Å². The molecular weight excluding hydrogens is 302 g/mol. The van der Waals surface area contributed by atoms with Gasteiger partial charge in [-0.05, 0) is 29.3 Å². The number of hydrogen-bond donors (Lipinski definition) is 1. The molecule has 0 atom stereocenters. The summed E-state index contributed by atoms with van der Waals surface area (Å²) in [5.74, 6) is -1.90. The second kappa shape index (κ2) is 6.05. The Balaban J connectivity index is 2.48. The minimum atomic E-state index is -4.87. The fourth-order valence-electron chi connectivity index (χ4n) is 2.03. The number of benzene rings is 2. The fourth-order valence-corrected chi connectivity index (χ4v) is 2.03. The van der Waals surface area contributed by atoms with Gasteiger partial charge in [0.15, 0.2) is 0 Å². The van der Waals surface area contributed by atoms with Gasteiger partial charge in [0, 0.05) is 5.56 Å². The molecule has 0 fully saturated rings. The summed E-state index contributed by atoms with van der Waals surface area (Å²) >= 11 is 0. The topological polar surface area (TPSA) is 52.3 Å². The number of carbonyl (C=O) groups is 1. The van der Waals surface area contributed by atoms with Crippen LogP contribution < -0.4 is 10.5 Å². The van der Waals surface area contributed by atoms with Crippen LogP contribution in [0, 0.1) is 5.82 Å². The number of halogens is 4. The van der Waals surface area contributed by atoms with E-state index in [1.807, 2.05) is 0 Å². The van der Waals surface area contributed by atoms with Crippen LogP contribution in [0.3, 0.4) is 0 Å². The summed E-state index contributed by atoms with van der Waals surface area (Å²) in [5, 5.41) is 0. The van der Waals surface area contributed by atoms with Gasteiger partial charge in [0.1, 0.15) is 11.6 Å². The average Bonchev–Trinajstić information content (AvgIpc) is 2.39. The zero-order valence-corrected chi connectivity index (χ0v) is 11.2. The quantitative estimate of drug-likeness (QED) is 0.879. The molecular formula is C15H11F4NO2. The van der Waals surface area contributed by atoms with Gasteiger partial charge in [-0.1, -0.05) is 24.3 Å². The van der Waals surface area contributed by atoms with E-state index < -0.39 is 23.8 Å². The fraction of sp³-hybridized carbons (Fsp3) is 0.133. The van der Waals surface area contributed by atoms with Gasteiger partial charge < -0.3 is 10.5 Å². The molecule has 2 aromatic carbocycles. The van der Waals surface area contributed by atoms with E-state index in [0.29, 0.717) is 5.56 Å². The number of amides is 1. The van der Waals surface area contributed by atoms with Gasteiger partial charge in [-0.25, -0.2) is 4.39 Å². The van der Waals surface area contributed by atoms with E-state index >= 15 is 0 Å². The maximum Gasteiger partial charge on any atom is 0.573 e. The molecule has 0 aromatic heterocycles. The normalized spacial score (nSPS) is 11.3. The smallest absolute Gasteiger partial charge is 0.406 e. The SMILES string of the molecule is NC(=O)Cc1ccccc1-c1cc(OC(F)(F)F)ccc1F. The molecule has 0 aliphatic rings. The van der Waals surface area contributed by atoms with Crippen LogP contribution in [0.4, 0.5) is 17.6 Å². The monoisotopic (exact) mass is 313 g/mol. The molecule has 2 aromatic rings. The summed E-state index contributed by atoms with van der Waals surface area (Å²) in [7, 11) is 0. The van der Waals surface area contributed by atoms with Crippen LogP contribution in [0.2, 0.25) is 0 Å². The Labute approximate surface area is 123 Å². The first kappa shape index (κ1) is 15.8. The standard InChI is InChI=1S/C15H11F4NO2/c16-13-6-5-10(22-15(17,18)19)8-12(13)11-4-2-1-3-9(11)7-14(20)21/h1-6,8H,7H2,(H2,20,21). The summed E-state index contributed by atoms with van der Waals surface area (Å²) in [5.41, 5.74) is 5.72. The van der Waals surface area contributed by atoms with Crippen LogP contribution in [0.25, 0.3) is 11.1 Å². The molecule has 0 saturated carbocycles. The molecule has 0 spiro atoms. The van der Waals surface area contributed by atoms with Crippen molar-refractivity contribution in [2.24, 2.45) is 5.73 Å². The highest BCUT2D eigenvalue weighted by Crippen LogP contribution is 2.32. The van der Waals surface area contributed by atoms with Crippen LogP contribution in [-0.4, -0.2) is 12.3 Å². The molecule has 2 N–H and O–H groups in total. The molecule has 0 aliphatic carbocycles. The Morgan fingerprint density at radius 3 is 2.41 bits per heavy atom. The summed E-state index contributed by atoms with van der Waals surface area (Å²) in [6.45, 7) is 0. The van der Waals surface area contributed by atoms with Crippen LogP contribution >= 0.6 is 0 Å². The van der Waals surface area contributed by atoms with E-state index in [0.717, 1.165) is 18.2 Å². The van der Waals surface area contributed by atoms with Gasteiger partial charge in [0.05, 0.1) is 6.42 Å². The highest BCUT2D eigenvalue weighted by Gasteiger charge is 2.31. The van der Waals surface area contributed by atoms with Gasteiger partial charge in [-0.15, -0.1) is 13.2 Å². The average molecular weight is 313 g/mol. The van der Waals surface area contributed by atoms with Gasteiger partial charge >= 0.3 is 6.36 Å². The Hall–Kier alpha value is -2.57. The van der Waals surface area contributed by atoms with Crippen molar-refractivity contribution in [1.82, 2.24) is 0 Å². The van der Waals surface area contributed by atoms with E-state index in [4.69, 9.17) is 5.73 Å². The van der Waals surface area contributed by atoms with Crippen LogP contribution in [0.1, 0.15) is 5.56 Å². The van der Waals surface area contributed by atoms with Gasteiger partial charge in [0.2, 0.25) is 5.91 Å². The van der Waals surface area contributed by atoms with Crippen molar-refractivity contribution in [3.63, 3.8) is 0 Å². The van der Waals surface area contributed by atoms with Crippen LogP contribution in [0.15, 0.2) is 42.5 Å². The Kier molecular flexibility index (Phi) is 4.35. The van der Waals surface area contributed by atoms with E-state index in [2.05, 4.69) is 4.74 Å². The zero-order valence-electron chi connectivity index (χ0n) is 11.2. The summed E-state index contributed by atoms with van der Waals surface area (Å²) in [4.78, 5) is 11.0. The lowest BCUT2D eigenvalue weighted by atomic mass is 9.97. The minimum Gasteiger partial charge on any atom is -0.406 e. The lowest BCUT2D eigenvalue weighted by Crippen LogP contribution is -2.17. The van der Waals surface area contributed by atoms with Gasteiger partial charge in [-0.2, -0.15) is 0 Å². The predicted molar refractivity (Wildman–Crippen MR) is 71.4 cm³/mol. The number of carbonyl (C=O) groups excluding carboxylic acids is 1. The Morgan fingerprint density at radius 2 is 1.77 bits per heavy atom. The molecule has 0 heterocycles. The maximum absolute atomic E-state index is 14.0. The van der Waals surface area contributed by atoms with Crippen molar-refractivity contribution in [3.8, 4) is 16.9 Å². The van der Waals surface area contributed by atoms with Gasteiger partial charge in [0.25, 0.3) is 0 Å². The Morgan fingerprint density at radius 1 is 1.09 bits per heavy atom. The lowest BCUT2D eigenvalue weighted by molar-refractivity contribution is -0.274. The van der Waals surface area contributed by atoms with Crippen molar-refractivity contribution < 1.29 is 27.1 Å². The first-order valence-corrected chi connectivity index (χ1v) is 6.18. The van der Waals surface area contributed by atoms with Crippen molar-refractivity contribution in [1.29, 1.82) is 0 Å². The van der Waals surface area contributed by atoms with E-state index in [9.17, 15) is 22.4 Å². The number of rotatable bonds is 4. The number of nitrogens with two attached hydrogens (primary N) is 1. The molecule has 0 unspecified atom stereocenters. The summed E-state index contributed by atoms with van der Waals surface area (Å²) in [6, 6.07) is 8.93. The van der Waals surface area contributed by atoms with Crippen molar-refractivity contribution in [2.45, 2.75) is 12.8 Å². The molecule has 0 saturated heterocycles. The lowest BCUT2D eigenvalue weighted by Gasteiger charge is -2.13. The zero-order chi connectivity index (χ0) is 16.3. The highest BCUT2D eigenvalue weighted by atomic mass is 19.4. The minimum absolute atomic E-state index is 0.0985. The summed E-state index contributed by atoms with van der Waals surface area (Å²) < 4.78 is 54.5. The molecule has 2 rings (SSSR count). The largest absolute Gasteiger partial charge is 0.573 e. The number of alkyl halides is 3. The predicted octanol–water partition coefficient (Wildman–Crippen LogP) is 3.42. The molecule has 0 aliphatic heterocycles. The Bertz CT molecular complexity index is 698. The number of primary amides is 1. The van der Waals surface area contributed by atoms with Crippen molar-refractivity contribution in [3.05, 3.63) is 53.8 Å². The molecule has 0 radical (unpaired) electrons. The maximum atomic E-state index is 14.0. The van der Waals surface area contributed by atoms with Crippen LogP contribution in [-0.2, 0) is 11.2 Å². The highest BCUT2D eigenvalue weighted by molar-refractivity contribution is 5.81. The van der Waals surface area contributed by atoms with E-state index in [1.54, 1.807) is 18.2 Å². The molecule has 22 heavy (non-hydrogen) atoms. The third kappa shape index (κ3) is 3.97. The van der Waals surface area contributed by atoms with Gasteiger partial charge in [-0.3, -0.25) is 4.79 Å². The number of ether oxygens (including phenoxy) is 1. The molecule has 7 heteroatoms. The summed E-state index contributed by atoms with van der Waals surface area (Å²) in [6.07, 6.45) is -5.03. The third-order valence-corrected chi connectivity index (χ3v) is 2.84. The van der Waals surface area contributed by atoms with Crippen molar-refractivity contribution >= 4 is 5.91 Å². The number of hydrogen-bond acceptors (Lipinski definition) is 2. The van der Waals surface area contributed by atoms with Crippen LogP contribution in [0.5, 0.6) is 5.75 Å². The second-order valence-corrected chi connectivity index (χ2v) is 4.49. The molecule has 3 nitrogen and oxygen atoms in total. The van der Waals surface area contributed by atoms with E-state index in [-0.39, 0.29) is 17.5 Å². The third-order valence-electron chi connectivity index (χ3n) is 2.84. The molecule has 1 amide bonds. The first-order chi connectivity index (χ1) is 10.3.